The van der Waals surface area contributed by atoms with E-state index in [1.54, 1.807) is 29.3 Å². The Balaban J connectivity index is 1.60. The molecule has 7 heteroatoms. The van der Waals surface area contributed by atoms with Crippen LogP contribution < -0.4 is 10.9 Å². The number of fused-ring (bicyclic) bond motifs is 1. The maximum atomic E-state index is 13.1. The monoisotopic (exact) mass is 357 g/mol. The van der Waals surface area contributed by atoms with Crippen LogP contribution in [0.1, 0.15) is 17.5 Å². The molecule has 136 valence electrons. The molecule has 1 saturated heterocycles. The van der Waals surface area contributed by atoms with Gasteiger partial charge in [0.1, 0.15) is 5.82 Å². The van der Waals surface area contributed by atoms with E-state index in [2.05, 4.69) is 5.32 Å². The van der Waals surface area contributed by atoms with Gasteiger partial charge in [-0.1, -0.05) is 0 Å². The molecule has 0 spiro atoms. The molecule has 2 aliphatic rings. The van der Waals surface area contributed by atoms with Crippen LogP contribution in [0.3, 0.4) is 0 Å². The van der Waals surface area contributed by atoms with Gasteiger partial charge in [-0.2, -0.15) is 0 Å². The van der Waals surface area contributed by atoms with Gasteiger partial charge in [0.05, 0.1) is 12.1 Å². The number of β-amino-alcohol motifs (C(OH)–C–C–N with tert-alkyl or cyclic N) is 1. The Morgan fingerprint density at radius 1 is 1.23 bits per heavy atom. The lowest BCUT2D eigenvalue weighted by Gasteiger charge is -2.31. The number of amides is 1. The number of halogens is 1. The predicted octanol–water partition coefficient (Wildman–Crippen LogP) is 0.584. The summed E-state index contributed by atoms with van der Waals surface area (Å²) in [6.45, 7) is 1.41. The fourth-order valence-electron chi connectivity index (χ4n) is 3.65. The third kappa shape index (κ3) is 3.15. The smallest absolute Gasteiger partial charge is 0.255 e. The zero-order valence-corrected chi connectivity index (χ0v) is 14.2. The van der Waals surface area contributed by atoms with Crippen molar-refractivity contribution in [3.63, 3.8) is 0 Å². The molecule has 3 heterocycles. The second-order valence-corrected chi connectivity index (χ2v) is 6.87. The number of aromatic nitrogens is 1. The standard InChI is InChI=1S/C19H20FN3O3/c20-14-1-3-15(4-2-14)23-11-13-10-22(6-5-12(13)7-18(23)25)19(26)17-8-16(24)9-21-17/h1-4,7,11,16-17,21,24H,5-6,8-10H2/t16-,17-/m1/s1. The van der Waals surface area contributed by atoms with Crippen molar-refractivity contribution in [3.05, 3.63) is 63.8 Å². The van der Waals surface area contributed by atoms with Crippen molar-refractivity contribution in [2.24, 2.45) is 0 Å². The average Bonchev–Trinajstić information content (AvgIpc) is 3.07. The Morgan fingerprint density at radius 3 is 2.69 bits per heavy atom. The van der Waals surface area contributed by atoms with Gasteiger partial charge < -0.3 is 15.3 Å². The fourth-order valence-corrected chi connectivity index (χ4v) is 3.65. The largest absolute Gasteiger partial charge is 0.392 e. The molecule has 4 rings (SSSR count). The highest BCUT2D eigenvalue weighted by Crippen LogP contribution is 2.21. The van der Waals surface area contributed by atoms with Crippen molar-refractivity contribution in [1.82, 2.24) is 14.8 Å². The Kier molecular flexibility index (Phi) is 4.34. The summed E-state index contributed by atoms with van der Waals surface area (Å²) in [7, 11) is 0. The lowest BCUT2D eigenvalue weighted by atomic mass is 10.0. The summed E-state index contributed by atoms with van der Waals surface area (Å²) in [5, 5.41) is 12.7. The summed E-state index contributed by atoms with van der Waals surface area (Å²) in [6.07, 6.45) is 2.30. The Labute approximate surface area is 149 Å². The third-order valence-electron chi connectivity index (χ3n) is 5.07. The number of rotatable bonds is 2. The highest BCUT2D eigenvalue weighted by atomic mass is 19.1. The summed E-state index contributed by atoms with van der Waals surface area (Å²) in [4.78, 5) is 26.8. The van der Waals surface area contributed by atoms with Crippen LogP contribution >= 0.6 is 0 Å². The molecular formula is C19H20FN3O3. The minimum atomic E-state index is -0.482. The van der Waals surface area contributed by atoms with Gasteiger partial charge in [0.25, 0.3) is 5.56 Å². The van der Waals surface area contributed by atoms with Gasteiger partial charge in [-0.05, 0) is 48.2 Å². The quantitative estimate of drug-likeness (QED) is 0.825. The van der Waals surface area contributed by atoms with E-state index >= 15 is 0 Å². The highest BCUT2D eigenvalue weighted by molar-refractivity contribution is 5.82. The summed E-state index contributed by atoms with van der Waals surface area (Å²) >= 11 is 0. The van der Waals surface area contributed by atoms with Crippen molar-refractivity contribution in [2.45, 2.75) is 31.5 Å². The van der Waals surface area contributed by atoms with E-state index in [9.17, 15) is 19.1 Å². The van der Waals surface area contributed by atoms with E-state index in [4.69, 9.17) is 0 Å². The van der Waals surface area contributed by atoms with Crippen molar-refractivity contribution in [1.29, 1.82) is 0 Å². The molecule has 1 aromatic carbocycles. The van der Waals surface area contributed by atoms with Crippen LogP contribution in [0.25, 0.3) is 5.69 Å². The van der Waals surface area contributed by atoms with Crippen LogP contribution in [-0.4, -0.2) is 45.7 Å². The first-order valence-electron chi connectivity index (χ1n) is 8.72. The van der Waals surface area contributed by atoms with Gasteiger partial charge in [-0.25, -0.2) is 4.39 Å². The van der Waals surface area contributed by atoms with E-state index in [0.29, 0.717) is 38.2 Å². The number of nitrogens with zero attached hydrogens (tertiary/aromatic N) is 2. The first-order valence-corrected chi connectivity index (χ1v) is 8.72. The van der Waals surface area contributed by atoms with Gasteiger partial charge in [0.2, 0.25) is 5.91 Å². The lowest BCUT2D eigenvalue weighted by molar-refractivity contribution is -0.134. The molecule has 1 fully saturated rings. The number of hydrogen-bond acceptors (Lipinski definition) is 4. The zero-order valence-electron chi connectivity index (χ0n) is 14.2. The molecule has 2 aliphatic heterocycles. The third-order valence-corrected chi connectivity index (χ3v) is 5.07. The number of carbonyl (C=O) groups is 1. The van der Waals surface area contributed by atoms with E-state index in [1.165, 1.54) is 16.7 Å². The molecule has 0 saturated carbocycles. The van der Waals surface area contributed by atoms with Gasteiger partial charge in [-0.15, -0.1) is 0 Å². The number of carbonyl (C=O) groups excluding carboxylic acids is 1. The minimum absolute atomic E-state index is 0.0215. The molecule has 26 heavy (non-hydrogen) atoms. The van der Waals surface area contributed by atoms with Crippen LogP contribution in [0.5, 0.6) is 0 Å². The predicted molar refractivity (Wildman–Crippen MR) is 93.5 cm³/mol. The highest BCUT2D eigenvalue weighted by Gasteiger charge is 2.32. The zero-order chi connectivity index (χ0) is 18.3. The number of aliphatic hydroxyl groups is 1. The summed E-state index contributed by atoms with van der Waals surface area (Å²) in [5.74, 6) is -0.380. The van der Waals surface area contributed by atoms with Crippen LogP contribution in [0.2, 0.25) is 0 Å². The van der Waals surface area contributed by atoms with Gasteiger partial charge in [0.15, 0.2) is 0 Å². The minimum Gasteiger partial charge on any atom is -0.392 e. The number of aliphatic hydroxyl groups excluding tert-OH is 1. The van der Waals surface area contributed by atoms with E-state index in [1.807, 2.05) is 0 Å². The van der Waals surface area contributed by atoms with Crippen LogP contribution in [-0.2, 0) is 17.8 Å². The summed E-state index contributed by atoms with van der Waals surface area (Å²) in [6, 6.07) is 6.98. The second-order valence-electron chi connectivity index (χ2n) is 6.87. The molecule has 2 atom stereocenters. The molecule has 0 bridgehead atoms. The first-order chi connectivity index (χ1) is 12.5. The first kappa shape index (κ1) is 16.9. The molecule has 6 nitrogen and oxygen atoms in total. The molecule has 2 aromatic rings. The summed E-state index contributed by atoms with van der Waals surface area (Å²) < 4.78 is 14.6. The maximum absolute atomic E-state index is 13.1. The SMILES string of the molecule is O=C([C@H]1C[C@@H](O)CN1)N1CCc2cc(=O)n(-c3ccc(F)cc3)cc2C1. The Hall–Kier alpha value is -2.51. The molecule has 1 amide bonds. The van der Waals surface area contributed by atoms with E-state index in [-0.39, 0.29) is 23.3 Å². The molecule has 1 aromatic heterocycles. The lowest BCUT2D eigenvalue weighted by Crippen LogP contribution is -2.46. The second kappa shape index (κ2) is 6.66. The van der Waals surface area contributed by atoms with Crippen LogP contribution in [0.15, 0.2) is 41.3 Å². The van der Waals surface area contributed by atoms with Crippen LogP contribution in [0.4, 0.5) is 4.39 Å². The number of nitrogens with one attached hydrogen (secondary N) is 1. The average molecular weight is 357 g/mol. The van der Waals surface area contributed by atoms with Gasteiger partial charge in [-0.3, -0.25) is 14.2 Å². The molecule has 0 aliphatic carbocycles. The Morgan fingerprint density at radius 2 is 2.00 bits per heavy atom. The maximum Gasteiger partial charge on any atom is 0.255 e. The molecular weight excluding hydrogens is 337 g/mol. The van der Waals surface area contributed by atoms with E-state index < -0.39 is 6.10 Å². The van der Waals surface area contributed by atoms with Crippen molar-refractivity contribution in [2.75, 3.05) is 13.1 Å². The van der Waals surface area contributed by atoms with Gasteiger partial charge in [0, 0.05) is 37.6 Å². The van der Waals surface area contributed by atoms with Gasteiger partial charge >= 0.3 is 0 Å². The Bertz CT molecular complexity index is 894. The normalized spacial score (nSPS) is 22.3. The van der Waals surface area contributed by atoms with Crippen molar-refractivity contribution in [3.8, 4) is 5.69 Å². The molecule has 2 N–H and O–H groups in total. The van der Waals surface area contributed by atoms with E-state index in [0.717, 1.165) is 11.1 Å². The number of benzene rings is 1. The molecule has 0 unspecified atom stereocenters. The molecule has 0 radical (unpaired) electrons. The summed E-state index contributed by atoms with van der Waals surface area (Å²) in [5.41, 5.74) is 2.27. The number of hydrogen-bond donors (Lipinski definition) is 2. The van der Waals surface area contributed by atoms with Crippen molar-refractivity contribution < 1.29 is 14.3 Å². The fraction of sp³-hybridized carbons (Fsp3) is 0.368. The van der Waals surface area contributed by atoms with Crippen LogP contribution in [0, 0.1) is 5.82 Å². The van der Waals surface area contributed by atoms with Crippen molar-refractivity contribution >= 4 is 5.91 Å². The topological polar surface area (TPSA) is 74.6 Å². The number of pyridine rings is 1.